The van der Waals surface area contributed by atoms with E-state index in [2.05, 4.69) is 10.3 Å². The zero-order valence-electron chi connectivity index (χ0n) is 15.6. The number of fused-ring (bicyclic) bond motifs is 1. The summed E-state index contributed by atoms with van der Waals surface area (Å²) >= 11 is 0. The number of H-pyrrole nitrogens is 1. The molecule has 1 atom stereocenters. The molecule has 0 saturated carbocycles. The van der Waals surface area contributed by atoms with Gasteiger partial charge < -0.3 is 24.9 Å². The standard InChI is InChI=1S/C19H26N2O5/c1-5-8-25-13-6-7-15-14(10-13)12(11-20-15)9-16(17(22)23)21-18(24)26-19(2,3)4/h6-7,10-11,16,20H,5,8-9H2,1-4H3,(H,21,24)(H,22,23)/t16-/m0/s1. The molecule has 0 aliphatic rings. The number of carboxylic acids is 1. The minimum atomic E-state index is -1.12. The number of benzene rings is 1. The SMILES string of the molecule is CCCOc1ccc2[nH]cc(C[C@H](NC(=O)OC(C)(C)C)C(=O)O)c2c1. The van der Waals surface area contributed by atoms with Crippen LogP contribution in [-0.2, 0) is 16.0 Å². The van der Waals surface area contributed by atoms with Crippen molar-refractivity contribution in [3.05, 3.63) is 30.0 Å². The Morgan fingerprint density at radius 3 is 2.65 bits per heavy atom. The number of carbonyl (C=O) groups is 2. The summed E-state index contributed by atoms with van der Waals surface area (Å²) in [5.41, 5.74) is 0.968. The largest absolute Gasteiger partial charge is 0.494 e. The topological polar surface area (TPSA) is 101 Å². The van der Waals surface area contributed by atoms with Gasteiger partial charge >= 0.3 is 12.1 Å². The molecular weight excluding hydrogens is 336 g/mol. The second kappa shape index (κ2) is 8.12. The van der Waals surface area contributed by atoms with Crippen molar-refractivity contribution in [1.29, 1.82) is 0 Å². The molecule has 2 aromatic rings. The third-order valence-corrected chi connectivity index (χ3v) is 3.62. The molecule has 26 heavy (non-hydrogen) atoms. The van der Waals surface area contributed by atoms with Crippen LogP contribution in [0.5, 0.6) is 5.75 Å². The number of carbonyl (C=O) groups excluding carboxylic acids is 1. The first-order valence-corrected chi connectivity index (χ1v) is 8.64. The summed E-state index contributed by atoms with van der Waals surface area (Å²) in [7, 11) is 0. The minimum Gasteiger partial charge on any atom is -0.494 e. The van der Waals surface area contributed by atoms with Crippen molar-refractivity contribution in [2.24, 2.45) is 0 Å². The number of carboxylic acid groups (broad SMARTS) is 1. The maximum atomic E-state index is 11.9. The molecule has 0 fully saturated rings. The van der Waals surface area contributed by atoms with Crippen LogP contribution in [0.2, 0.25) is 0 Å². The average Bonchev–Trinajstić information content (AvgIpc) is 2.92. The van der Waals surface area contributed by atoms with E-state index in [1.165, 1.54) is 0 Å². The van der Waals surface area contributed by atoms with Gasteiger partial charge in [-0.15, -0.1) is 0 Å². The van der Waals surface area contributed by atoms with Gasteiger partial charge in [-0.05, 0) is 51.0 Å². The van der Waals surface area contributed by atoms with Gasteiger partial charge in [0.2, 0.25) is 0 Å². The van der Waals surface area contributed by atoms with Crippen LogP contribution < -0.4 is 10.1 Å². The van der Waals surface area contributed by atoms with Crippen molar-refractivity contribution in [2.75, 3.05) is 6.61 Å². The maximum Gasteiger partial charge on any atom is 0.408 e. The molecule has 1 aromatic carbocycles. The second-order valence-electron chi connectivity index (χ2n) is 7.11. The lowest BCUT2D eigenvalue weighted by molar-refractivity contribution is -0.139. The quantitative estimate of drug-likeness (QED) is 0.700. The van der Waals surface area contributed by atoms with E-state index >= 15 is 0 Å². The van der Waals surface area contributed by atoms with Crippen LogP contribution in [0.25, 0.3) is 10.9 Å². The molecule has 142 valence electrons. The lowest BCUT2D eigenvalue weighted by Gasteiger charge is -2.22. The Hall–Kier alpha value is -2.70. The molecule has 0 aliphatic heterocycles. The van der Waals surface area contributed by atoms with Crippen molar-refractivity contribution in [3.63, 3.8) is 0 Å². The van der Waals surface area contributed by atoms with Crippen molar-refractivity contribution in [1.82, 2.24) is 10.3 Å². The highest BCUT2D eigenvalue weighted by Gasteiger charge is 2.25. The molecule has 0 saturated heterocycles. The van der Waals surface area contributed by atoms with Gasteiger partial charge in [0.15, 0.2) is 0 Å². The molecule has 2 rings (SSSR count). The van der Waals surface area contributed by atoms with Crippen LogP contribution in [0.1, 0.15) is 39.7 Å². The Bertz CT molecular complexity index is 776. The van der Waals surface area contributed by atoms with E-state index in [1.54, 1.807) is 27.0 Å². The summed E-state index contributed by atoms with van der Waals surface area (Å²) in [5, 5.41) is 12.7. The van der Waals surface area contributed by atoms with Crippen molar-refractivity contribution >= 4 is 23.0 Å². The summed E-state index contributed by atoms with van der Waals surface area (Å²) in [6.07, 6.45) is 2.03. The number of nitrogens with one attached hydrogen (secondary N) is 2. The second-order valence-corrected chi connectivity index (χ2v) is 7.11. The molecule has 7 heteroatoms. The van der Waals surface area contributed by atoms with Gasteiger partial charge in [0.25, 0.3) is 0 Å². The first-order chi connectivity index (χ1) is 12.2. The van der Waals surface area contributed by atoms with Gasteiger partial charge in [-0.2, -0.15) is 0 Å². The van der Waals surface area contributed by atoms with Gasteiger partial charge in [0.1, 0.15) is 17.4 Å². The zero-order chi connectivity index (χ0) is 19.3. The van der Waals surface area contributed by atoms with Crippen LogP contribution >= 0.6 is 0 Å². The van der Waals surface area contributed by atoms with Crippen LogP contribution in [0.15, 0.2) is 24.4 Å². The number of hydrogen-bond acceptors (Lipinski definition) is 4. The van der Waals surface area contributed by atoms with Gasteiger partial charge in [0.05, 0.1) is 6.61 Å². The summed E-state index contributed by atoms with van der Waals surface area (Å²) in [4.78, 5) is 26.6. The van der Waals surface area contributed by atoms with E-state index in [-0.39, 0.29) is 6.42 Å². The molecule has 1 heterocycles. The summed E-state index contributed by atoms with van der Waals surface area (Å²) in [6, 6.07) is 4.54. The molecule has 0 bridgehead atoms. The predicted octanol–water partition coefficient (Wildman–Crippen LogP) is 3.48. The van der Waals surface area contributed by atoms with E-state index in [4.69, 9.17) is 9.47 Å². The number of amides is 1. The molecule has 0 radical (unpaired) electrons. The number of aromatic nitrogens is 1. The number of aromatic amines is 1. The van der Waals surface area contributed by atoms with E-state index in [9.17, 15) is 14.7 Å². The Morgan fingerprint density at radius 2 is 2.04 bits per heavy atom. The molecule has 1 amide bonds. The monoisotopic (exact) mass is 362 g/mol. The number of hydrogen-bond donors (Lipinski definition) is 3. The number of rotatable bonds is 7. The number of alkyl carbamates (subject to hydrolysis) is 1. The molecule has 1 aromatic heterocycles. The molecule has 0 spiro atoms. The fourth-order valence-electron chi connectivity index (χ4n) is 2.51. The number of ether oxygens (including phenoxy) is 2. The third-order valence-electron chi connectivity index (χ3n) is 3.62. The fourth-order valence-corrected chi connectivity index (χ4v) is 2.51. The smallest absolute Gasteiger partial charge is 0.408 e. The highest BCUT2D eigenvalue weighted by molar-refractivity contribution is 5.86. The molecule has 0 aliphatic carbocycles. The summed E-state index contributed by atoms with van der Waals surface area (Å²) in [5.74, 6) is -0.393. The lowest BCUT2D eigenvalue weighted by atomic mass is 10.0. The zero-order valence-corrected chi connectivity index (χ0v) is 15.6. The minimum absolute atomic E-state index is 0.131. The van der Waals surface area contributed by atoms with Crippen LogP contribution in [0, 0.1) is 0 Å². The molecule has 3 N–H and O–H groups in total. The first-order valence-electron chi connectivity index (χ1n) is 8.64. The molecule has 7 nitrogen and oxygen atoms in total. The Morgan fingerprint density at radius 1 is 1.31 bits per heavy atom. The van der Waals surface area contributed by atoms with Gasteiger partial charge in [-0.25, -0.2) is 9.59 Å². The Labute approximate surface area is 152 Å². The van der Waals surface area contributed by atoms with Gasteiger partial charge in [-0.3, -0.25) is 0 Å². The number of aliphatic carboxylic acids is 1. The third kappa shape index (κ3) is 5.40. The average molecular weight is 362 g/mol. The van der Waals surface area contributed by atoms with Crippen LogP contribution in [-0.4, -0.2) is 40.4 Å². The van der Waals surface area contributed by atoms with E-state index in [1.807, 2.05) is 25.1 Å². The Balaban J connectivity index is 2.17. The molecular formula is C19H26N2O5. The van der Waals surface area contributed by atoms with Gasteiger partial charge in [0, 0.05) is 23.5 Å². The predicted molar refractivity (Wildman–Crippen MR) is 98.6 cm³/mol. The van der Waals surface area contributed by atoms with E-state index < -0.39 is 23.7 Å². The van der Waals surface area contributed by atoms with Crippen LogP contribution in [0.4, 0.5) is 4.79 Å². The van der Waals surface area contributed by atoms with E-state index in [0.29, 0.717) is 6.61 Å². The van der Waals surface area contributed by atoms with Crippen molar-refractivity contribution in [2.45, 2.75) is 52.2 Å². The van der Waals surface area contributed by atoms with E-state index in [0.717, 1.165) is 28.6 Å². The molecule has 0 unspecified atom stereocenters. The normalized spacial score (nSPS) is 12.6. The highest BCUT2D eigenvalue weighted by Crippen LogP contribution is 2.25. The fraction of sp³-hybridized carbons (Fsp3) is 0.474. The van der Waals surface area contributed by atoms with Gasteiger partial charge in [-0.1, -0.05) is 6.92 Å². The maximum absolute atomic E-state index is 11.9. The summed E-state index contributed by atoms with van der Waals surface area (Å²) in [6.45, 7) is 7.81. The van der Waals surface area contributed by atoms with Crippen molar-refractivity contribution in [3.8, 4) is 5.75 Å². The Kier molecular flexibility index (Phi) is 6.13. The lowest BCUT2D eigenvalue weighted by Crippen LogP contribution is -2.44. The van der Waals surface area contributed by atoms with Crippen molar-refractivity contribution < 1.29 is 24.2 Å². The first kappa shape index (κ1) is 19.6. The summed E-state index contributed by atoms with van der Waals surface area (Å²) < 4.78 is 10.8. The van der Waals surface area contributed by atoms with Crippen LogP contribution in [0.3, 0.4) is 0 Å². The highest BCUT2D eigenvalue weighted by atomic mass is 16.6.